The van der Waals surface area contributed by atoms with E-state index in [2.05, 4.69) is 5.32 Å². The van der Waals surface area contributed by atoms with Gasteiger partial charge in [0.05, 0.1) is 18.3 Å². The Balaban J connectivity index is 2.26. The van der Waals surface area contributed by atoms with Gasteiger partial charge in [0.1, 0.15) is 11.6 Å². The molecule has 0 fully saturated rings. The highest BCUT2D eigenvalue weighted by molar-refractivity contribution is 5.89. The number of aliphatic hydroxyl groups excluding tert-OH is 1. The summed E-state index contributed by atoms with van der Waals surface area (Å²) in [4.78, 5) is 14.1. The van der Waals surface area contributed by atoms with E-state index in [0.717, 1.165) is 23.8 Å². The summed E-state index contributed by atoms with van der Waals surface area (Å²) in [6.45, 7) is 3.78. The van der Waals surface area contributed by atoms with Crippen LogP contribution in [-0.2, 0) is 6.54 Å². The molecular weight excluding hydrogens is 326 g/mol. The monoisotopic (exact) mass is 348 g/mol. The number of benzene rings is 2. The van der Waals surface area contributed by atoms with Gasteiger partial charge in [-0.2, -0.15) is 0 Å². The third-order valence-corrected chi connectivity index (χ3v) is 3.98. The van der Waals surface area contributed by atoms with Crippen LogP contribution in [0.1, 0.15) is 19.4 Å². The maximum atomic E-state index is 13.8. The molecule has 25 heavy (non-hydrogen) atoms. The van der Waals surface area contributed by atoms with Gasteiger partial charge in [-0.1, -0.05) is 44.2 Å². The second-order valence-electron chi connectivity index (χ2n) is 6.16. The van der Waals surface area contributed by atoms with Crippen LogP contribution in [0.5, 0.6) is 0 Å². The summed E-state index contributed by atoms with van der Waals surface area (Å²) in [5.41, 5.74) is 0.639. The lowest BCUT2D eigenvalue weighted by atomic mass is 10.0. The number of halogens is 2. The summed E-state index contributed by atoms with van der Waals surface area (Å²) >= 11 is 0. The zero-order chi connectivity index (χ0) is 18.4. The topological polar surface area (TPSA) is 52.6 Å². The van der Waals surface area contributed by atoms with Crippen LogP contribution >= 0.6 is 0 Å². The highest BCUT2D eigenvalue weighted by Crippen LogP contribution is 2.20. The van der Waals surface area contributed by atoms with Gasteiger partial charge in [-0.05, 0) is 23.6 Å². The van der Waals surface area contributed by atoms with Gasteiger partial charge < -0.3 is 15.3 Å². The Morgan fingerprint density at radius 1 is 1.16 bits per heavy atom. The Bertz CT molecular complexity index is 708. The minimum absolute atomic E-state index is 0.0168. The van der Waals surface area contributed by atoms with E-state index in [4.69, 9.17) is 0 Å². The molecule has 0 aliphatic rings. The molecular formula is C19H22F2N2O2. The van der Waals surface area contributed by atoms with Crippen molar-refractivity contribution in [2.24, 2.45) is 5.92 Å². The van der Waals surface area contributed by atoms with Gasteiger partial charge in [-0.25, -0.2) is 13.6 Å². The molecule has 6 heteroatoms. The fourth-order valence-corrected chi connectivity index (χ4v) is 2.57. The van der Waals surface area contributed by atoms with Crippen molar-refractivity contribution < 1.29 is 18.7 Å². The average molecular weight is 348 g/mol. The van der Waals surface area contributed by atoms with Gasteiger partial charge >= 0.3 is 6.03 Å². The van der Waals surface area contributed by atoms with Crippen molar-refractivity contribution in [2.45, 2.75) is 26.4 Å². The first-order valence-electron chi connectivity index (χ1n) is 8.09. The molecule has 2 amide bonds. The van der Waals surface area contributed by atoms with Crippen molar-refractivity contribution >= 4 is 11.7 Å². The maximum Gasteiger partial charge on any atom is 0.322 e. The summed E-state index contributed by atoms with van der Waals surface area (Å²) in [7, 11) is 0. The Kier molecular flexibility index (Phi) is 6.47. The normalized spacial score (nSPS) is 12.1. The SMILES string of the molecule is CC(C)C(CO)N(Cc1ccccc1)C(=O)Nc1cc(F)ccc1F. The molecule has 4 nitrogen and oxygen atoms in total. The summed E-state index contributed by atoms with van der Waals surface area (Å²) in [5, 5.41) is 12.1. The van der Waals surface area contributed by atoms with E-state index in [1.54, 1.807) is 0 Å². The van der Waals surface area contributed by atoms with Gasteiger partial charge in [0.2, 0.25) is 0 Å². The molecule has 0 aromatic heterocycles. The number of rotatable bonds is 6. The highest BCUT2D eigenvalue weighted by atomic mass is 19.1. The molecule has 0 heterocycles. The number of carbonyl (C=O) groups is 1. The Morgan fingerprint density at radius 2 is 1.84 bits per heavy atom. The number of amides is 2. The molecule has 134 valence electrons. The minimum Gasteiger partial charge on any atom is -0.394 e. The Hall–Kier alpha value is -2.47. The number of hydrogen-bond donors (Lipinski definition) is 2. The van der Waals surface area contributed by atoms with Crippen LogP contribution in [0.15, 0.2) is 48.5 Å². The van der Waals surface area contributed by atoms with Crippen LogP contribution in [0.4, 0.5) is 19.3 Å². The highest BCUT2D eigenvalue weighted by Gasteiger charge is 2.26. The first kappa shape index (κ1) is 18.9. The number of carbonyl (C=O) groups excluding carboxylic acids is 1. The van der Waals surface area contributed by atoms with Crippen LogP contribution in [0.25, 0.3) is 0 Å². The van der Waals surface area contributed by atoms with E-state index in [1.165, 1.54) is 4.90 Å². The quantitative estimate of drug-likeness (QED) is 0.828. The fourth-order valence-electron chi connectivity index (χ4n) is 2.57. The Morgan fingerprint density at radius 3 is 2.44 bits per heavy atom. The molecule has 0 radical (unpaired) electrons. The number of nitrogens with zero attached hydrogens (tertiary/aromatic N) is 1. The van der Waals surface area contributed by atoms with Crippen LogP contribution in [0, 0.1) is 17.6 Å². The van der Waals surface area contributed by atoms with Crippen molar-refractivity contribution in [3.05, 3.63) is 65.7 Å². The third kappa shape index (κ3) is 5.00. The molecule has 2 rings (SSSR count). The standard InChI is InChI=1S/C19H22F2N2O2/c1-13(2)18(12-24)23(11-14-6-4-3-5-7-14)19(25)22-17-10-15(20)8-9-16(17)21/h3-10,13,18,24H,11-12H2,1-2H3,(H,22,25). The van der Waals surface area contributed by atoms with Crippen molar-refractivity contribution in [1.29, 1.82) is 0 Å². The largest absolute Gasteiger partial charge is 0.394 e. The zero-order valence-electron chi connectivity index (χ0n) is 14.2. The number of anilines is 1. The number of hydrogen-bond acceptors (Lipinski definition) is 2. The smallest absolute Gasteiger partial charge is 0.322 e. The number of nitrogens with one attached hydrogen (secondary N) is 1. The first-order chi connectivity index (χ1) is 11.9. The second-order valence-corrected chi connectivity index (χ2v) is 6.16. The predicted molar refractivity (Wildman–Crippen MR) is 93.1 cm³/mol. The van der Waals surface area contributed by atoms with Gasteiger partial charge in [-0.15, -0.1) is 0 Å². The Labute approximate surface area is 146 Å². The van der Waals surface area contributed by atoms with Gasteiger partial charge in [0.25, 0.3) is 0 Å². The molecule has 1 unspecified atom stereocenters. The lowest BCUT2D eigenvalue weighted by Crippen LogP contribution is -2.47. The van der Waals surface area contributed by atoms with E-state index in [1.807, 2.05) is 44.2 Å². The zero-order valence-corrected chi connectivity index (χ0v) is 14.2. The van der Waals surface area contributed by atoms with Crippen LogP contribution in [0.3, 0.4) is 0 Å². The number of aliphatic hydroxyl groups is 1. The fraction of sp³-hybridized carbons (Fsp3) is 0.316. The van der Waals surface area contributed by atoms with Gasteiger partial charge in [0.15, 0.2) is 0 Å². The summed E-state index contributed by atoms with van der Waals surface area (Å²) < 4.78 is 27.1. The molecule has 2 aromatic rings. The maximum absolute atomic E-state index is 13.8. The van der Waals surface area contributed by atoms with Crippen molar-refractivity contribution in [3.8, 4) is 0 Å². The van der Waals surface area contributed by atoms with E-state index in [9.17, 15) is 18.7 Å². The van der Waals surface area contributed by atoms with Gasteiger partial charge in [0, 0.05) is 12.6 Å². The van der Waals surface area contributed by atoms with E-state index < -0.39 is 23.7 Å². The van der Waals surface area contributed by atoms with Crippen molar-refractivity contribution in [3.63, 3.8) is 0 Å². The molecule has 0 aliphatic carbocycles. The van der Waals surface area contributed by atoms with E-state index in [0.29, 0.717) is 0 Å². The molecule has 0 aliphatic heterocycles. The lowest BCUT2D eigenvalue weighted by Gasteiger charge is -2.33. The first-order valence-corrected chi connectivity index (χ1v) is 8.09. The van der Waals surface area contributed by atoms with E-state index in [-0.39, 0.29) is 24.8 Å². The van der Waals surface area contributed by atoms with Crippen molar-refractivity contribution in [1.82, 2.24) is 4.90 Å². The molecule has 0 spiro atoms. The number of urea groups is 1. The molecule has 0 bridgehead atoms. The summed E-state index contributed by atoms with van der Waals surface area (Å²) in [6, 6.07) is 11.1. The second kappa shape index (κ2) is 8.58. The molecule has 2 aromatic carbocycles. The molecule has 0 saturated carbocycles. The average Bonchev–Trinajstić information content (AvgIpc) is 2.58. The van der Waals surface area contributed by atoms with Crippen LogP contribution in [-0.4, -0.2) is 28.7 Å². The van der Waals surface area contributed by atoms with Gasteiger partial charge in [-0.3, -0.25) is 0 Å². The minimum atomic E-state index is -0.723. The summed E-state index contributed by atoms with van der Waals surface area (Å²) in [6.07, 6.45) is 0. The summed E-state index contributed by atoms with van der Waals surface area (Å²) in [5.74, 6) is -1.38. The predicted octanol–water partition coefficient (Wildman–Crippen LogP) is 4.02. The molecule has 2 N–H and O–H groups in total. The van der Waals surface area contributed by atoms with E-state index >= 15 is 0 Å². The molecule has 0 saturated heterocycles. The lowest BCUT2D eigenvalue weighted by molar-refractivity contribution is 0.110. The van der Waals surface area contributed by atoms with Crippen LogP contribution < -0.4 is 5.32 Å². The third-order valence-electron chi connectivity index (χ3n) is 3.98. The van der Waals surface area contributed by atoms with Crippen molar-refractivity contribution in [2.75, 3.05) is 11.9 Å². The molecule has 1 atom stereocenters. The van der Waals surface area contributed by atoms with Crippen LogP contribution in [0.2, 0.25) is 0 Å².